The highest BCUT2D eigenvalue weighted by Gasteiger charge is 2.18. The number of hydrogen-bond donors (Lipinski definition) is 1. The van der Waals surface area contributed by atoms with Crippen LogP contribution in [0, 0.1) is 6.92 Å². The van der Waals surface area contributed by atoms with Crippen LogP contribution >= 0.6 is 11.3 Å². The number of carbonyl (C=O) groups is 2. The van der Waals surface area contributed by atoms with Gasteiger partial charge in [-0.25, -0.2) is 9.78 Å². The third kappa shape index (κ3) is 1.87. The van der Waals surface area contributed by atoms with Crippen LogP contribution in [-0.4, -0.2) is 21.8 Å². The Morgan fingerprint density at radius 3 is 2.56 bits per heavy atom. The third-order valence-electron chi connectivity index (χ3n) is 1.89. The maximum atomic E-state index is 11.8. The topological polar surface area (TPSA) is 80.4 Å². The number of furan rings is 1. The second-order valence-corrected chi connectivity index (χ2v) is 4.11. The minimum absolute atomic E-state index is 0.0114. The van der Waals surface area contributed by atoms with Gasteiger partial charge in [0.15, 0.2) is 5.76 Å². The van der Waals surface area contributed by atoms with E-state index in [9.17, 15) is 9.59 Å². The van der Waals surface area contributed by atoms with Crippen molar-refractivity contribution < 1.29 is 19.1 Å². The molecule has 0 amide bonds. The third-order valence-corrected chi connectivity index (χ3v) is 2.67. The summed E-state index contributed by atoms with van der Waals surface area (Å²) in [7, 11) is 0. The van der Waals surface area contributed by atoms with Crippen molar-refractivity contribution in [2.45, 2.75) is 6.92 Å². The van der Waals surface area contributed by atoms with Gasteiger partial charge < -0.3 is 9.52 Å². The SMILES string of the molecule is Cc1nc(C(=O)c2ccc(C(=O)O)o2)cs1. The van der Waals surface area contributed by atoms with Gasteiger partial charge in [-0.15, -0.1) is 11.3 Å². The van der Waals surface area contributed by atoms with Crippen molar-refractivity contribution in [3.63, 3.8) is 0 Å². The van der Waals surface area contributed by atoms with E-state index in [1.807, 2.05) is 0 Å². The highest BCUT2D eigenvalue weighted by Crippen LogP contribution is 2.15. The van der Waals surface area contributed by atoms with E-state index in [2.05, 4.69) is 4.98 Å². The number of ketones is 1. The van der Waals surface area contributed by atoms with Crippen molar-refractivity contribution in [3.05, 3.63) is 39.7 Å². The molecule has 0 saturated heterocycles. The number of carboxylic acids is 1. The van der Waals surface area contributed by atoms with Crippen LogP contribution in [-0.2, 0) is 0 Å². The summed E-state index contributed by atoms with van der Waals surface area (Å²) in [6.07, 6.45) is 0. The summed E-state index contributed by atoms with van der Waals surface area (Å²) >= 11 is 1.35. The Kier molecular flexibility index (Phi) is 2.57. The molecule has 0 aliphatic carbocycles. The number of hydrogen-bond acceptors (Lipinski definition) is 5. The van der Waals surface area contributed by atoms with Gasteiger partial charge in [0, 0.05) is 5.38 Å². The Morgan fingerprint density at radius 1 is 1.38 bits per heavy atom. The van der Waals surface area contributed by atoms with Gasteiger partial charge in [-0.3, -0.25) is 4.79 Å². The molecule has 0 aliphatic rings. The number of aryl methyl sites for hydroxylation is 1. The molecule has 16 heavy (non-hydrogen) atoms. The zero-order valence-corrected chi connectivity index (χ0v) is 9.08. The highest BCUT2D eigenvalue weighted by atomic mass is 32.1. The Bertz CT molecular complexity index is 555. The number of aromatic carboxylic acids is 1. The molecule has 0 radical (unpaired) electrons. The normalized spacial score (nSPS) is 10.3. The maximum absolute atomic E-state index is 11.8. The molecule has 0 spiro atoms. The molecule has 2 heterocycles. The van der Waals surface area contributed by atoms with Gasteiger partial charge in [0.2, 0.25) is 11.5 Å². The molecule has 2 aromatic heterocycles. The molecule has 82 valence electrons. The van der Waals surface area contributed by atoms with Gasteiger partial charge in [0.25, 0.3) is 0 Å². The fraction of sp³-hybridized carbons (Fsp3) is 0.100. The van der Waals surface area contributed by atoms with Crippen LogP contribution in [0.2, 0.25) is 0 Å². The minimum Gasteiger partial charge on any atom is -0.475 e. The molecule has 0 fully saturated rings. The number of rotatable bonds is 3. The average Bonchev–Trinajstić information content (AvgIpc) is 2.84. The Hall–Kier alpha value is -1.95. The lowest BCUT2D eigenvalue weighted by atomic mass is 10.2. The molecule has 6 heteroatoms. The van der Waals surface area contributed by atoms with E-state index in [4.69, 9.17) is 9.52 Å². The summed E-state index contributed by atoms with van der Waals surface area (Å²) < 4.78 is 4.89. The largest absolute Gasteiger partial charge is 0.475 e. The molecule has 1 N–H and O–H groups in total. The van der Waals surface area contributed by atoms with Gasteiger partial charge in [-0.2, -0.15) is 0 Å². The zero-order chi connectivity index (χ0) is 11.7. The molecule has 5 nitrogen and oxygen atoms in total. The number of nitrogens with zero attached hydrogens (tertiary/aromatic N) is 1. The smallest absolute Gasteiger partial charge is 0.371 e. The first-order chi connectivity index (χ1) is 7.58. The lowest BCUT2D eigenvalue weighted by Gasteiger charge is -1.91. The molecule has 0 aliphatic heterocycles. The minimum atomic E-state index is -1.20. The van der Waals surface area contributed by atoms with Gasteiger partial charge >= 0.3 is 5.97 Å². The second kappa shape index (κ2) is 3.90. The van der Waals surface area contributed by atoms with E-state index in [-0.39, 0.29) is 17.2 Å². The van der Waals surface area contributed by atoms with Crippen LogP contribution in [0.25, 0.3) is 0 Å². The molecule has 0 atom stereocenters. The van der Waals surface area contributed by atoms with Crippen LogP contribution in [0.5, 0.6) is 0 Å². The first-order valence-electron chi connectivity index (χ1n) is 4.38. The number of aromatic nitrogens is 1. The standard InChI is InChI=1S/C10H7NO4S/c1-5-11-6(4-16-5)9(12)7-2-3-8(15-7)10(13)14/h2-4H,1H3,(H,13,14). The highest BCUT2D eigenvalue weighted by molar-refractivity contribution is 7.09. The van der Waals surface area contributed by atoms with Crippen LogP contribution in [0.4, 0.5) is 0 Å². The summed E-state index contributed by atoms with van der Waals surface area (Å²) in [4.78, 5) is 26.3. The molecule has 0 unspecified atom stereocenters. The van der Waals surface area contributed by atoms with Gasteiger partial charge in [0.05, 0.1) is 5.01 Å². The number of carbonyl (C=O) groups excluding carboxylic acids is 1. The summed E-state index contributed by atoms with van der Waals surface area (Å²) in [5, 5.41) is 11.0. The van der Waals surface area contributed by atoms with Crippen LogP contribution in [0.3, 0.4) is 0 Å². The summed E-state index contributed by atoms with van der Waals surface area (Å²) in [6, 6.07) is 2.58. The predicted molar refractivity (Wildman–Crippen MR) is 56.0 cm³/mol. The Labute approximate surface area is 94.4 Å². The lowest BCUT2D eigenvalue weighted by Crippen LogP contribution is -2.00. The summed E-state index contributed by atoms with van der Waals surface area (Å²) in [5.41, 5.74) is 0.272. The molecule has 0 saturated carbocycles. The monoisotopic (exact) mass is 237 g/mol. The van der Waals surface area contributed by atoms with Crippen molar-refractivity contribution in [2.24, 2.45) is 0 Å². The first kappa shape index (κ1) is 10.6. The lowest BCUT2D eigenvalue weighted by molar-refractivity contribution is 0.0660. The van der Waals surface area contributed by atoms with Crippen molar-refractivity contribution in [1.82, 2.24) is 4.98 Å². The van der Waals surface area contributed by atoms with Gasteiger partial charge in [-0.1, -0.05) is 0 Å². The quantitative estimate of drug-likeness (QED) is 0.825. The van der Waals surface area contributed by atoms with E-state index < -0.39 is 11.8 Å². The van der Waals surface area contributed by atoms with Gasteiger partial charge in [0.1, 0.15) is 5.69 Å². The number of thiazole rings is 1. The zero-order valence-electron chi connectivity index (χ0n) is 8.26. The van der Waals surface area contributed by atoms with E-state index >= 15 is 0 Å². The summed E-state index contributed by atoms with van der Waals surface area (Å²) in [5.74, 6) is -1.87. The molecular formula is C10H7NO4S. The first-order valence-corrected chi connectivity index (χ1v) is 5.26. The van der Waals surface area contributed by atoms with Crippen molar-refractivity contribution in [3.8, 4) is 0 Å². The fourth-order valence-corrected chi connectivity index (χ4v) is 1.76. The van der Waals surface area contributed by atoms with E-state index in [0.717, 1.165) is 5.01 Å². The van der Waals surface area contributed by atoms with Crippen molar-refractivity contribution >= 4 is 23.1 Å². The predicted octanol–water partition coefficient (Wildman–Crippen LogP) is 1.97. The Balaban J connectivity index is 2.30. The molecule has 0 bridgehead atoms. The van der Waals surface area contributed by atoms with E-state index in [1.165, 1.54) is 23.5 Å². The van der Waals surface area contributed by atoms with E-state index in [0.29, 0.717) is 0 Å². The molecule has 2 aromatic rings. The second-order valence-electron chi connectivity index (χ2n) is 3.05. The summed E-state index contributed by atoms with van der Waals surface area (Å²) in [6.45, 7) is 1.78. The molecule has 0 aromatic carbocycles. The average molecular weight is 237 g/mol. The van der Waals surface area contributed by atoms with E-state index in [1.54, 1.807) is 12.3 Å². The maximum Gasteiger partial charge on any atom is 0.371 e. The van der Waals surface area contributed by atoms with Crippen LogP contribution < -0.4 is 0 Å². The van der Waals surface area contributed by atoms with Gasteiger partial charge in [-0.05, 0) is 19.1 Å². The van der Waals surface area contributed by atoms with Crippen LogP contribution in [0.1, 0.15) is 31.8 Å². The molecule has 2 rings (SSSR count). The Morgan fingerprint density at radius 2 is 2.06 bits per heavy atom. The van der Waals surface area contributed by atoms with Crippen LogP contribution in [0.15, 0.2) is 21.9 Å². The number of carboxylic acid groups (broad SMARTS) is 1. The molecular weight excluding hydrogens is 230 g/mol. The van der Waals surface area contributed by atoms with Crippen molar-refractivity contribution in [1.29, 1.82) is 0 Å². The van der Waals surface area contributed by atoms with Crippen molar-refractivity contribution in [2.75, 3.05) is 0 Å². The fourth-order valence-electron chi connectivity index (χ4n) is 1.17.